The molecular formula is C17H24ClFN2. The minimum absolute atomic E-state index is 0.0665. The van der Waals surface area contributed by atoms with Gasteiger partial charge in [0, 0.05) is 24.7 Å². The van der Waals surface area contributed by atoms with Crippen molar-refractivity contribution in [3.63, 3.8) is 0 Å². The third-order valence-electron chi connectivity index (χ3n) is 5.09. The summed E-state index contributed by atoms with van der Waals surface area (Å²) >= 11 is 6.32. The van der Waals surface area contributed by atoms with Crippen molar-refractivity contribution in [1.29, 1.82) is 0 Å². The largest absolute Gasteiger partial charge is 0.362 e. The van der Waals surface area contributed by atoms with E-state index in [0.29, 0.717) is 22.5 Å². The van der Waals surface area contributed by atoms with E-state index in [1.165, 1.54) is 18.9 Å². The molecule has 1 N–H and O–H groups in total. The lowest BCUT2D eigenvalue weighted by molar-refractivity contribution is 0.232. The fraction of sp³-hybridized carbons (Fsp3) is 0.647. The van der Waals surface area contributed by atoms with Gasteiger partial charge in [-0.2, -0.15) is 0 Å². The molecule has 0 amide bonds. The van der Waals surface area contributed by atoms with Crippen LogP contribution in [0.2, 0.25) is 5.02 Å². The number of nitrogens with zero attached hydrogens (tertiary/aromatic N) is 1. The van der Waals surface area contributed by atoms with Gasteiger partial charge in [-0.3, -0.25) is 0 Å². The second-order valence-electron chi connectivity index (χ2n) is 7.08. The Labute approximate surface area is 131 Å². The number of anilines is 1. The van der Waals surface area contributed by atoms with E-state index in [0.717, 1.165) is 13.1 Å². The van der Waals surface area contributed by atoms with Crippen molar-refractivity contribution in [2.75, 3.05) is 18.0 Å². The molecule has 0 bridgehead atoms. The lowest BCUT2D eigenvalue weighted by atomic mass is 9.87. The summed E-state index contributed by atoms with van der Waals surface area (Å²) < 4.78 is 14.4. The number of benzene rings is 1. The van der Waals surface area contributed by atoms with Gasteiger partial charge in [-0.1, -0.05) is 31.5 Å². The quantitative estimate of drug-likeness (QED) is 0.905. The van der Waals surface area contributed by atoms with Crippen molar-refractivity contribution in [3.05, 3.63) is 29.0 Å². The van der Waals surface area contributed by atoms with Crippen LogP contribution < -0.4 is 10.2 Å². The Hall–Kier alpha value is -0.800. The number of rotatable bonds is 3. The van der Waals surface area contributed by atoms with Crippen molar-refractivity contribution in [2.24, 2.45) is 11.8 Å². The van der Waals surface area contributed by atoms with Crippen LogP contribution in [0.15, 0.2) is 18.2 Å². The molecule has 2 fully saturated rings. The molecule has 4 heteroatoms. The van der Waals surface area contributed by atoms with Gasteiger partial charge in [-0.05, 0) is 43.7 Å². The highest BCUT2D eigenvalue weighted by molar-refractivity contribution is 6.33. The van der Waals surface area contributed by atoms with Crippen LogP contribution >= 0.6 is 11.6 Å². The van der Waals surface area contributed by atoms with Gasteiger partial charge in [-0.25, -0.2) is 4.39 Å². The lowest BCUT2D eigenvalue weighted by Gasteiger charge is -2.49. The molecule has 2 aliphatic rings. The maximum atomic E-state index is 14.4. The van der Waals surface area contributed by atoms with E-state index in [9.17, 15) is 4.39 Å². The monoisotopic (exact) mass is 310 g/mol. The van der Waals surface area contributed by atoms with E-state index in [1.807, 2.05) is 0 Å². The Bertz CT molecular complexity index is 509. The predicted molar refractivity (Wildman–Crippen MR) is 86.5 cm³/mol. The first-order chi connectivity index (χ1) is 9.92. The smallest absolute Gasteiger partial charge is 0.148 e. The molecule has 21 heavy (non-hydrogen) atoms. The first-order valence-electron chi connectivity index (χ1n) is 7.88. The summed E-state index contributed by atoms with van der Waals surface area (Å²) in [6.45, 7) is 8.35. The van der Waals surface area contributed by atoms with Gasteiger partial charge in [-0.15, -0.1) is 0 Å². The Morgan fingerprint density at radius 3 is 2.67 bits per heavy atom. The zero-order chi connectivity index (χ0) is 15.2. The van der Waals surface area contributed by atoms with E-state index < -0.39 is 0 Å². The number of hydrogen-bond donors (Lipinski definition) is 1. The molecule has 2 atom stereocenters. The van der Waals surface area contributed by atoms with E-state index >= 15 is 0 Å². The van der Waals surface area contributed by atoms with Gasteiger partial charge in [0.15, 0.2) is 0 Å². The van der Waals surface area contributed by atoms with Crippen molar-refractivity contribution in [2.45, 2.75) is 45.2 Å². The van der Waals surface area contributed by atoms with E-state index in [1.54, 1.807) is 12.1 Å². The Morgan fingerprint density at radius 1 is 1.38 bits per heavy atom. The molecule has 2 unspecified atom stereocenters. The minimum atomic E-state index is -0.215. The topological polar surface area (TPSA) is 15.3 Å². The van der Waals surface area contributed by atoms with Crippen LogP contribution in [0, 0.1) is 17.7 Å². The Kier molecular flexibility index (Phi) is 3.91. The average Bonchev–Trinajstić information content (AvgIpc) is 3.23. The third-order valence-corrected chi connectivity index (χ3v) is 5.39. The normalized spacial score (nSPS) is 30.0. The van der Waals surface area contributed by atoms with Crippen LogP contribution in [0.1, 0.15) is 33.6 Å². The predicted octanol–water partition coefficient (Wildman–Crippen LogP) is 4.08. The molecule has 3 rings (SSSR count). The highest BCUT2D eigenvalue weighted by atomic mass is 35.5. The van der Waals surface area contributed by atoms with Crippen LogP contribution in [-0.2, 0) is 0 Å². The Morgan fingerprint density at radius 2 is 2.10 bits per heavy atom. The molecule has 1 aromatic carbocycles. The second kappa shape index (κ2) is 5.44. The Balaban J connectivity index is 1.97. The molecule has 0 radical (unpaired) electrons. The van der Waals surface area contributed by atoms with Crippen molar-refractivity contribution >= 4 is 17.3 Å². The third kappa shape index (κ3) is 2.78. The first kappa shape index (κ1) is 15.1. The van der Waals surface area contributed by atoms with Gasteiger partial charge in [0.25, 0.3) is 0 Å². The number of halogens is 2. The molecule has 0 spiro atoms. The van der Waals surface area contributed by atoms with Gasteiger partial charge in [0.1, 0.15) is 5.82 Å². The molecule has 1 aromatic rings. The highest BCUT2D eigenvalue weighted by Gasteiger charge is 2.47. The van der Waals surface area contributed by atoms with Crippen LogP contribution in [0.5, 0.6) is 0 Å². The maximum absolute atomic E-state index is 14.4. The molecule has 2 nitrogen and oxygen atoms in total. The maximum Gasteiger partial charge on any atom is 0.148 e. The first-order valence-corrected chi connectivity index (χ1v) is 8.26. The van der Waals surface area contributed by atoms with Gasteiger partial charge in [0.2, 0.25) is 0 Å². The van der Waals surface area contributed by atoms with Crippen LogP contribution in [0.25, 0.3) is 0 Å². The van der Waals surface area contributed by atoms with E-state index in [-0.39, 0.29) is 17.4 Å². The summed E-state index contributed by atoms with van der Waals surface area (Å²) in [6.07, 6.45) is 2.55. The fourth-order valence-corrected chi connectivity index (χ4v) is 3.84. The van der Waals surface area contributed by atoms with Crippen molar-refractivity contribution < 1.29 is 4.39 Å². The zero-order valence-electron chi connectivity index (χ0n) is 13.0. The fourth-order valence-electron chi connectivity index (χ4n) is 3.57. The standard InChI is InChI=1S/C17H24ClFN2/c1-11(2)15-9-20-17(3,12-7-8-12)10-21(15)16-13(18)5-4-6-14(16)19/h4-6,11-12,15,20H,7-10H2,1-3H3. The van der Waals surface area contributed by atoms with Gasteiger partial charge >= 0.3 is 0 Å². The summed E-state index contributed by atoms with van der Waals surface area (Å²) in [5.41, 5.74) is 0.642. The number of para-hydroxylation sites is 1. The molecule has 1 aliphatic heterocycles. The van der Waals surface area contributed by atoms with Crippen LogP contribution in [0.4, 0.5) is 10.1 Å². The van der Waals surface area contributed by atoms with E-state index in [2.05, 4.69) is 31.0 Å². The number of piperazine rings is 1. The molecule has 1 aliphatic carbocycles. The summed E-state index contributed by atoms with van der Waals surface area (Å²) in [6, 6.07) is 5.24. The molecule has 1 saturated heterocycles. The number of nitrogens with one attached hydrogen (secondary N) is 1. The van der Waals surface area contributed by atoms with Crippen molar-refractivity contribution in [3.8, 4) is 0 Å². The lowest BCUT2D eigenvalue weighted by Crippen LogP contribution is -2.65. The van der Waals surface area contributed by atoms with Gasteiger partial charge in [0.05, 0.1) is 10.7 Å². The van der Waals surface area contributed by atoms with Gasteiger partial charge < -0.3 is 10.2 Å². The SMILES string of the molecule is CC(C)C1CNC(C)(C2CC2)CN1c1c(F)cccc1Cl. The summed E-state index contributed by atoms with van der Waals surface area (Å²) in [5.74, 6) is 0.934. The zero-order valence-corrected chi connectivity index (χ0v) is 13.8. The summed E-state index contributed by atoms with van der Waals surface area (Å²) in [4.78, 5) is 2.21. The molecule has 116 valence electrons. The molecule has 1 saturated carbocycles. The molecule has 1 heterocycles. The van der Waals surface area contributed by atoms with Crippen LogP contribution in [-0.4, -0.2) is 24.7 Å². The average molecular weight is 311 g/mol. The number of hydrogen-bond acceptors (Lipinski definition) is 2. The van der Waals surface area contributed by atoms with E-state index in [4.69, 9.17) is 11.6 Å². The summed E-state index contributed by atoms with van der Waals surface area (Å²) in [7, 11) is 0. The minimum Gasteiger partial charge on any atom is -0.362 e. The summed E-state index contributed by atoms with van der Waals surface area (Å²) in [5, 5.41) is 4.23. The van der Waals surface area contributed by atoms with Crippen molar-refractivity contribution in [1.82, 2.24) is 5.32 Å². The highest BCUT2D eigenvalue weighted by Crippen LogP contribution is 2.43. The second-order valence-corrected chi connectivity index (χ2v) is 7.49. The molecule has 0 aromatic heterocycles. The van der Waals surface area contributed by atoms with Crippen LogP contribution in [0.3, 0.4) is 0 Å². The molecular weight excluding hydrogens is 287 g/mol.